The highest BCUT2D eigenvalue weighted by Crippen LogP contribution is 2.17. The van der Waals surface area contributed by atoms with E-state index in [9.17, 15) is 13.6 Å². The van der Waals surface area contributed by atoms with Gasteiger partial charge >= 0.3 is 0 Å². The minimum atomic E-state index is -1.17. The van der Waals surface area contributed by atoms with E-state index in [-0.39, 0.29) is 12.0 Å². The Labute approximate surface area is 120 Å². The second kappa shape index (κ2) is 6.57. The molecule has 0 radical (unpaired) electrons. The SMILES string of the molecule is N#C[C@H](NC(=O)Cc1cccnc1)c1ccc(F)cc1F. The highest BCUT2D eigenvalue weighted by Gasteiger charge is 2.18. The molecule has 1 N–H and O–H groups in total. The molecule has 106 valence electrons. The van der Waals surface area contributed by atoms with Gasteiger partial charge in [-0.3, -0.25) is 9.78 Å². The molecule has 1 aromatic heterocycles. The van der Waals surface area contributed by atoms with E-state index in [4.69, 9.17) is 5.26 Å². The molecule has 1 heterocycles. The van der Waals surface area contributed by atoms with Crippen molar-refractivity contribution in [2.24, 2.45) is 0 Å². The first kappa shape index (κ1) is 14.6. The van der Waals surface area contributed by atoms with Crippen LogP contribution in [0.3, 0.4) is 0 Å². The number of aromatic nitrogens is 1. The third-order valence-electron chi connectivity index (χ3n) is 2.80. The van der Waals surface area contributed by atoms with Crippen LogP contribution in [-0.2, 0) is 11.2 Å². The summed E-state index contributed by atoms with van der Waals surface area (Å²) in [5.41, 5.74) is 0.602. The highest BCUT2D eigenvalue weighted by atomic mass is 19.1. The number of carbonyl (C=O) groups is 1. The standard InChI is InChI=1S/C15H11F2N3O/c16-11-3-4-12(13(17)7-11)14(8-18)20-15(21)6-10-2-1-5-19-9-10/h1-5,7,9,14H,6H2,(H,20,21)/t14-/m0/s1. The first-order valence-corrected chi connectivity index (χ1v) is 6.13. The van der Waals surface area contributed by atoms with Gasteiger partial charge < -0.3 is 5.32 Å². The van der Waals surface area contributed by atoms with Gasteiger partial charge in [-0.25, -0.2) is 8.78 Å². The number of rotatable bonds is 4. The van der Waals surface area contributed by atoms with Gasteiger partial charge in [0.15, 0.2) is 0 Å². The minimum Gasteiger partial charge on any atom is -0.336 e. The summed E-state index contributed by atoms with van der Waals surface area (Å²) in [5, 5.41) is 11.5. The summed E-state index contributed by atoms with van der Waals surface area (Å²) < 4.78 is 26.5. The first-order chi connectivity index (χ1) is 10.1. The topological polar surface area (TPSA) is 65.8 Å². The highest BCUT2D eigenvalue weighted by molar-refractivity contribution is 5.79. The van der Waals surface area contributed by atoms with Crippen LogP contribution in [0.5, 0.6) is 0 Å². The van der Waals surface area contributed by atoms with Crippen molar-refractivity contribution in [2.45, 2.75) is 12.5 Å². The smallest absolute Gasteiger partial charge is 0.225 e. The van der Waals surface area contributed by atoms with Crippen LogP contribution in [0.4, 0.5) is 8.78 Å². The summed E-state index contributed by atoms with van der Waals surface area (Å²) in [6.45, 7) is 0. The number of nitriles is 1. The maximum atomic E-state index is 13.6. The zero-order valence-corrected chi connectivity index (χ0v) is 10.9. The van der Waals surface area contributed by atoms with Crippen LogP contribution in [0.25, 0.3) is 0 Å². The number of carbonyl (C=O) groups excluding carboxylic acids is 1. The number of pyridine rings is 1. The molecule has 0 aliphatic rings. The maximum absolute atomic E-state index is 13.6. The number of hydrogen-bond acceptors (Lipinski definition) is 3. The second-order valence-corrected chi connectivity index (χ2v) is 4.33. The fraction of sp³-hybridized carbons (Fsp3) is 0.133. The van der Waals surface area contributed by atoms with Crippen LogP contribution in [-0.4, -0.2) is 10.9 Å². The van der Waals surface area contributed by atoms with Crippen molar-refractivity contribution in [3.63, 3.8) is 0 Å². The van der Waals surface area contributed by atoms with Gasteiger partial charge in [0, 0.05) is 24.0 Å². The van der Waals surface area contributed by atoms with Crippen molar-refractivity contribution in [3.05, 3.63) is 65.5 Å². The molecule has 0 bridgehead atoms. The first-order valence-electron chi connectivity index (χ1n) is 6.13. The van der Waals surface area contributed by atoms with E-state index >= 15 is 0 Å². The number of hydrogen-bond donors (Lipinski definition) is 1. The Kier molecular flexibility index (Phi) is 4.57. The van der Waals surface area contributed by atoms with E-state index in [1.807, 2.05) is 0 Å². The largest absolute Gasteiger partial charge is 0.336 e. The van der Waals surface area contributed by atoms with Crippen molar-refractivity contribution in [1.29, 1.82) is 5.26 Å². The van der Waals surface area contributed by atoms with Gasteiger partial charge in [0.25, 0.3) is 0 Å². The van der Waals surface area contributed by atoms with Crippen LogP contribution in [0.2, 0.25) is 0 Å². The molecule has 0 unspecified atom stereocenters. The summed E-state index contributed by atoms with van der Waals surface area (Å²) in [6, 6.07) is 6.87. The molecule has 0 aliphatic heterocycles. The number of benzene rings is 1. The Balaban J connectivity index is 2.09. The molecule has 2 rings (SSSR count). The summed E-state index contributed by atoms with van der Waals surface area (Å²) in [7, 11) is 0. The van der Waals surface area contributed by atoms with Gasteiger partial charge in [0.05, 0.1) is 12.5 Å². The van der Waals surface area contributed by atoms with E-state index in [0.717, 1.165) is 12.1 Å². The Morgan fingerprint density at radius 2 is 2.19 bits per heavy atom. The van der Waals surface area contributed by atoms with Crippen LogP contribution >= 0.6 is 0 Å². The van der Waals surface area contributed by atoms with Crippen LogP contribution in [0.1, 0.15) is 17.2 Å². The Bertz CT molecular complexity index is 683. The lowest BCUT2D eigenvalue weighted by Crippen LogP contribution is -2.29. The molecule has 0 aliphatic carbocycles. The van der Waals surface area contributed by atoms with E-state index < -0.39 is 23.6 Å². The number of nitrogens with one attached hydrogen (secondary N) is 1. The minimum absolute atomic E-state index is 0.0227. The summed E-state index contributed by atoms with van der Waals surface area (Å²) in [4.78, 5) is 15.7. The van der Waals surface area contributed by atoms with Gasteiger partial charge in [-0.1, -0.05) is 12.1 Å². The predicted octanol–water partition coefficient (Wildman–Crippen LogP) is 2.28. The van der Waals surface area contributed by atoms with Gasteiger partial charge in [0.2, 0.25) is 5.91 Å². The number of halogens is 2. The monoisotopic (exact) mass is 287 g/mol. The van der Waals surface area contributed by atoms with Crippen LogP contribution in [0.15, 0.2) is 42.7 Å². The Morgan fingerprint density at radius 3 is 2.81 bits per heavy atom. The molecule has 1 aromatic carbocycles. The van der Waals surface area contributed by atoms with E-state index in [0.29, 0.717) is 11.6 Å². The van der Waals surface area contributed by atoms with Crippen molar-refractivity contribution in [1.82, 2.24) is 10.3 Å². The van der Waals surface area contributed by atoms with Gasteiger partial charge in [-0.05, 0) is 17.7 Å². The average Bonchev–Trinajstić information content (AvgIpc) is 2.46. The summed E-state index contributed by atoms with van der Waals surface area (Å²) >= 11 is 0. The van der Waals surface area contributed by atoms with Gasteiger partial charge in [0.1, 0.15) is 17.7 Å². The lowest BCUT2D eigenvalue weighted by molar-refractivity contribution is -0.120. The third kappa shape index (κ3) is 3.83. The second-order valence-electron chi connectivity index (χ2n) is 4.33. The molecule has 1 atom stereocenters. The lowest BCUT2D eigenvalue weighted by Gasteiger charge is -2.12. The van der Waals surface area contributed by atoms with Gasteiger partial charge in [-0.15, -0.1) is 0 Å². The maximum Gasteiger partial charge on any atom is 0.225 e. The van der Waals surface area contributed by atoms with E-state index in [2.05, 4.69) is 10.3 Å². The normalized spacial score (nSPS) is 11.5. The Hall–Kier alpha value is -2.81. The molecule has 4 nitrogen and oxygen atoms in total. The predicted molar refractivity (Wildman–Crippen MR) is 70.8 cm³/mol. The zero-order valence-electron chi connectivity index (χ0n) is 10.9. The molecular formula is C15H11F2N3O. The van der Waals surface area contributed by atoms with Gasteiger partial charge in [-0.2, -0.15) is 5.26 Å². The summed E-state index contributed by atoms with van der Waals surface area (Å²) in [6.07, 6.45) is 3.13. The molecule has 6 heteroatoms. The van der Waals surface area contributed by atoms with Crippen LogP contribution < -0.4 is 5.32 Å². The molecule has 0 saturated carbocycles. The number of nitrogens with zero attached hydrogens (tertiary/aromatic N) is 2. The molecular weight excluding hydrogens is 276 g/mol. The summed E-state index contributed by atoms with van der Waals surface area (Å²) in [5.74, 6) is -2.06. The molecule has 0 spiro atoms. The third-order valence-corrected chi connectivity index (χ3v) is 2.80. The fourth-order valence-corrected chi connectivity index (χ4v) is 1.82. The van der Waals surface area contributed by atoms with Crippen molar-refractivity contribution < 1.29 is 13.6 Å². The van der Waals surface area contributed by atoms with Crippen molar-refractivity contribution >= 4 is 5.91 Å². The van der Waals surface area contributed by atoms with Crippen LogP contribution in [0, 0.1) is 23.0 Å². The van der Waals surface area contributed by atoms with Crippen molar-refractivity contribution in [2.75, 3.05) is 0 Å². The van der Waals surface area contributed by atoms with Crippen molar-refractivity contribution in [3.8, 4) is 6.07 Å². The molecule has 21 heavy (non-hydrogen) atoms. The molecule has 0 fully saturated rings. The molecule has 0 saturated heterocycles. The fourth-order valence-electron chi connectivity index (χ4n) is 1.82. The van der Waals surface area contributed by atoms with E-state index in [1.54, 1.807) is 24.4 Å². The Morgan fingerprint density at radius 1 is 1.38 bits per heavy atom. The average molecular weight is 287 g/mol. The molecule has 2 aromatic rings. The number of amides is 1. The zero-order chi connectivity index (χ0) is 15.2. The lowest BCUT2D eigenvalue weighted by atomic mass is 10.1. The quantitative estimate of drug-likeness (QED) is 0.938. The molecule has 1 amide bonds. The van der Waals surface area contributed by atoms with E-state index in [1.165, 1.54) is 6.20 Å².